The molecule has 0 aromatic heterocycles. The molecule has 2 aromatic carbocycles. The lowest BCUT2D eigenvalue weighted by Crippen LogP contribution is -2.51. The van der Waals surface area contributed by atoms with Gasteiger partial charge in [-0.3, -0.25) is 0 Å². The second kappa shape index (κ2) is 5.25. The van der Waals surface area contributed by atoms with Crippen LogP contribution in [0.15, 0.2) is 42.5 Å². The summed E-state index contributed by atoms with van der Waals surface area (Å²) in [6, 6.07) is 14.4. The summed E-state index contributed by atoms with van der Waals surface area (Å²) in [5, 5.41) is 10.3. The van der Waals surface area contributed by atoms with Crippen LogP contribution in [0.1, 0.15) is 55.4 Å². The van der Waals surface area contributed by atoms with Gasteiger partial charge in [-0.1, -0.05) is 36.4 Å². The first-order valence-electron chi connectivity index (χ1n) is 9.29. The maximum absolute atomic E-state index is 10.3. The van der Waals surface area contributed by atoms with Gasteiger partial charge in [0.15, 0.2) is 11.5 Å². The minimum atomic E-state index is -0.367. The first-order chi connectivity index (χ1) is 12.0. The summed E-state index contributed by atoms with van der Waals surface area (Å²) >= 11 is 0. The van der Waals surface area contributed by atoms with E-state index in [1.165, 1.54) is 11.1 Å². The Balaban J connectivity index is 1.58. The highest BCUT2D eigenvalue weighted by Gasteiger charge is 2.51. The number of ether oxygens (including phenoxy) is 2. The van der Waals surface area contributed by atoms with Crippen molar-refractivity contribution in [3.05, 3.63) is 59.2 Å². The minimum absolute atomic E-state index is 0.00244. The van der Waals surface area contributed by atoms with Crippen LogP contribution in [0.25, 0.3) is 0 Å². The fourth-order valence-electron chi connectivity index (χ4n) is 5.10. The van der Waals surface area contributed by atoms with Gasteiger partial charge in [-0.05, 0) is 50.3 Å². The van der Waals surface area contributed by atoms with Crippen LogP contribution in [-0.4, -0.2) is 16.8 Å². The Hall–Kier alpha value is -2.00. The molecular weight excluding hydrogens is 312 g/mol. The van der Waals surface area contributed by atoms with E-state index in [0.717, 1.165) is 24.8 Å². The van der Waals surface area contributed by atoms with Crippen LogP contribution < -0.4 is 4.74 Å². The molecule has 3 nitrogen and oxygen atoms in total. The number of aromatic hydroxyl groups is 1. The van der Waals surface area contributed by atoms with Crippen molar-refractivity contribution in [2.24, 2.45) is 5.92 Å². The zero-order valence-electron chi connectivity index (χ0n) is 14.7. The van der Waals surface area contributed by atoms with Crippen molar-refractivity contribution in [1.82, 2.24) is 0 Å². The Morgan fingerprint density at radius 1 is 1.04 bits per heavy atom. The van der Waals surface area contributed by atoms with Crippen LogP contribution in [0, 0.1) is 5.92 Å². The zero-order chi connectivity index (χ0) is 17.2. The van der Waals surface area contributed by atoms with E-state index in [9.17, 15) is 5.11 Å². The van der Waals surface area contributed by atoms with E-state index in [1.54, 1.807) is 6.07 Å². The van der Waals surface area contributed by atoms with E-state index >= 15 is 0 Å². The number of aryl methyl sites for hydroxylation is 1. The lowest BCUT2D eigenvalue weighted by atomic mass is 9.67. The highest BCUT2D eigenvalue weighted by molar-refractivity contribution is 5.49. The van der Waals surface area contributed by atoms with Crippen molar-refractivity contribution in [1.29, 1.82) is 0 Å². The molecule has 0 bridgehead atoms. The molecule has 1 fully saturated rings. The molecule has 2 heterocycles. The topological polar surface area (TPSA) is 38.7 Å². The monoisotopic (exact) mass is 336 g/mol. The number of phenolic OH excluding ortho intramolecular Hbond substituents is 1. The van der Waals surface area contributed by atoms with Gasteiger partial charge in [0.05, 0.1) is 12.2 Å². The van der Waals surface area contributed by atoms with E-state index in [2.05, 4.69) is 38.1 Å². The fourth-order valence-corrected chi connectivity index (χ4v) is 5.10. The second-order valence-corrected chi connectivity index (χ2v) is 8.18. The van der Waals surface area contributed by atoms with Crippen molar-refractivity contribution in [3.8, 4) is 11.5 Å². The number of hydrogen-bond acceptors (Lipinski definition) is 3. The van der Waals surface area contributed by atoms with Crippen molar-refractivity contribution in [3.63, 3.8) is 0 Å². The van der Waals surface area contributed by atoms with Gasteiger partial charge in [-0.25, -0.2) is 0 Å². The first kappa shape index (κ1) is 15.3. The molecule has 0 spiro atoms. The minimum Gasteiger partial charge on any atom is -0.504 e. The van der Waals surface area contributed by atoms with Crippen molar-refractivity contribution in [2.45, 2.75) is 56.8 Å². The SMILES string of the molecule is CC1(C)Oc2c(O)cccc2[C@H]2O[C@H]3CCc4ccccc4[C@H]3C[C@@H]21. The predicted octanol–water partition coefficient (Wildman–Crippen LogP) is 4.74. The molecule has 5 rings (SSSR count). The maximum atomic E-state index is 10.3. The number of benzene rings is 2. The summed E-state index contributed by atoms with van der Waals surface area (Å²) in [7, 11) is 0. The van der Waals surface area contributed by atoms with Crippen molar-refractivity contribution in [2.75, 3.05) is 0 Å². The standard InChI is InChI=1S/C22H24O3/c1-22(2)17-12-16-14-7-4-3-6-13(14)10-11-19(16)24-20(17)15-8-5-9-18(23)21(15)25-22/h3-9,16-17,19-20,23H,10-12H2,1-2H3/t16-,17+,19+,20-/m1/s1. The lowest BCUT2D eigenvalue weighted by molar-refractivity contribution is -0.162. The van der Waals surface area contributed by atoms with E-state index < -0.39 is 0 Å². The molecule has 1 saturated heterocycles. The molecule has 2 aliphatic heterocycles. The van der Waals surface area contributed by atoms with Gasteiger partial charge in [-0.15, -0.1) is 0 Å². The van der Waals surface area contributed by atoms with Crippen LogP contribution >= 0.6 is 0 Å². The van der Waals surface area contributed by atoms with Gasteiger partial charge >= 0.3 is 0 Å². The average Bonchev–Trinajstić information content (AvgIpc) is 2.61. The van der Waals surface area contributed by atoms with Crippen LogP contribution in [0.5, 0.6) is 11.5 Å². The van der Waals surface area contributed by atoms with Gasteiger partial charge in [0.25, 0.3) is 0 Å². The van der Waals surface area contributed by atoms with Crippen molar-refractivity contribution >= 4 is 0 Å². The zero-order valence-corrected chi connectivity index (χ0v) is 14.7. The Morgan fingerprint density at radius 3 is 2.72 bits per heavy atom. The molecule has 4 atom stereocenters. The van der Waals surface area contributed by atoms with E-state index in [-0.39, 0.29) is 29.5 Å². The Morgan fingerprint density at radius 2 is 1.84 bits per heavy atom. The Kier molecular flexibility index (Phi) is 3.21. The summed E-state index contributed by atoms with van der Waals surface area (Å²) in [6.45, 7) is 4.25. The predicted molar refractivity (Wildman–Crippen MR) is 96.0 cm³/mol. The van der Waals surface area contributed by atoms with Crippen LogP contribution in [0.3, 0.4) is 0 Å². The molecule has 3 aliphatic rings. The van der Waals surface area contributed by atoms with Crippen LogP contribution in [0.2, 0.25) is 0 Å². The third-order valence-corrected chi connectivity index (χ3v) is 6.39. The van der Waals surface area contributed by atoms with Gasteiger partial charge < -0.3 is 14.6 Å². The summed E-state index contributed by atoms with van der Waals surface area (Å²) in [5.74, 6) is 1.52. The normalized spacial score (nSPS) is 31.8. The van der Waals surface area contributed by atoms with Gasteiger partial charge in [-0.2, -0.15) is 0 Å². The molecule has 0 saturated carbocycles. The van der Waals surface area contributed by atoms with Gasteiger partial charge in [0.1, 0.15) is 5.60 Å². The molecule has 1 aliphatic carbocycles. The summed E-state index contributed by atoms with van der Waals surface area (Å²) in [6.07, 6.45) is 3.47. The van der Waals surface area contributed by atoms with Gasteiger partial charge in [0, 0.05) is 17.4 Å². The maximum Gasteiger partial charge on any atom is 0.167 e. The highest BCUT2D eigenvalue weighted by atomic mass is 16.5. The number of para-hydroxylation sites is 1. The summed E-state index contributed by atoms with van der Waals surface area (Å²) in [5.41, 5.74) is 3.56. The third-order valence-electron chi connectivity index (χ3n) is 6.39. The van der Waals surface area contributed by atoms with Crippen molar-refractivity contribution < 1.29 is 14.6 Å². The average molecular weight is 336 g/mol. The first-order valence-corrected chi connectivity index (χ1v) is 9.29. The quantitative estimate of drug-likeness (QED) is 0.755. The number of hydrogen-bond donors (Lipinski definition) is 1. The van der Waals surface area contributed by atoms with Crippen LogP contribution in [-0.2, 0) is 11.2 Å². The molecular formula is C22H24O3. The molecule has 25 heavy (non-hydrogen) atoms. The molecule has 0 amide bonds. The molecule has 0 radical (unpaired) electrons. The highest BCUT2D eigenvalue weighted by Crippen LogP contribution is 2.57. The lowest BCUT2D eigenvalue weighted by Gasteiger charge is -2.52. The summed E-state index contributed by atoms with van der Waals surface area (Å²) in [4.78, 5) is 0. The number of rotatable bonds is 0. The van der Waals surface area contributed by atoms with E-state index in [0.29, 0.717) is 11.7 Å². The molecule has 2 aromatic rings. The van der Waals surface area contributed by atoms with E-state index in [1.807, 2.05) is 12.1 Å². The Bertz CT molecular complexity index is 826. The third kappa shape index (κ3) is 2.22. The smallest absolute Gasteiger partial charge is 0.167 e. The molecule has 130 valence electrons. The molecule has 3 heteroatoms. The molecule has 1 N–H and O–H groups in total. The second-order valence-electron chi connectivity index (χ2n) is 8.18. The van der Waals surface area contributed by atoms with Crippen LogP contribution in [0.4, 0.5) is 0 Å². The Labute approximate surface area is 148 Å². The van der Waals surface area contributed by atoms with Gasteiger partial charge in [0.2, 0.25) is 0 Å². The van der Waals surface area contributed by atoms with E-state index in [4.69, 9.17) is 9.47 Å². The summed E-state index contributed by atoms with van der Waals surface area (Å²) < 4.78 is 12.9. The largest absolute Gasteiger partial charge is 0.504 e. The molecule has 0 unspecified atom stereocenters. The number of fused-ring (bicyclic) bond motifs is 6. The fraction of sp³-hybridized carbons (Fsp3) is 0.455. The number of phenols is 1.